The van der Waals surface area contributed by atoms with Crippen LogP contribution in [0.15, 0.2) is 54.6 Å². The third kappa shape index (κ3) is 4.29. The summed E-state index contributed by atoms with van der Waals surface area (Å²) in [5, 5.41) is 12.1. The van der Waals surface area contributed by atoms with Crippen LogP contribution in [0.5, 0.6) is 0 Å². The smallest absolute Gasteiger partial charge is 0.255 e. The first-order valence-corrected chi connectivity index (χ1v) is 9.09. The van der Waals surface area contributed by atoms with Crippen molar-refractivity contribution >= 4 is 17.5 Å². The predicted octanol–water partition coefficient (Wildman–Crippen LogP) is 3.84. The molecule has 26 heavy (non-hydrogen) atoms. The van der Waals surface area contributed by atoms with Crippen molar-refractivity contribution in [3.63, 3.8) is 0 Å². The Hall–Kier alpha value is -2.66. The summed E-state index contributed by atoms with van der Waals surface area (Å²) in [5.74, 6) is -1.04. The molecule has 3 rings (SSSR count). The third-order valence-corrected chi connectivity index (χ3v) is 4.97. The van der Waals surface area contributed by atoms with Crippen molar-refractivity contribution in [2.45, 2.75) is 38.0 Å². The van der Waals surface area contributed by atoms with Gasteiger partial charge in [-0.2, -0.15) is 0 Å². The number of carbonyl (C=O) groups is 2. The van der Waals surface area contributed by atoms with Crippen LogP contribution in [0.4, 0.5) is 5.69 Å². The van der Waals surface area contributed by atoms with Crippen LogP contribution < -0.4 is 10.8 Å². The molecule has 0 bridgehead atoms. The first-order valence-electron chi connectivity index (χ1n) is 9.09. The molecule has 2 amide bonds. The molecule has 0 aliphatic heterocycles. The van der Waals surface area contributed by atoms with E-state index < -0.39 is 11.8 Å². The molecule has 136 valence electrons. The SMILES string of the molecule is O=C(Nc1cccc(C(C(=O)NO)c2ccccc2)c1)C1CCCCC1. The van der Waals surface area contributed by atoms with E-state index >= 15 is 0 Å². The highest BCUT2D eigenvalue weighted by atomic mass is 16.5. The second-order valence-corrected chi connectivity index (χ2v) is 6.77. The number of hydrogen-bond donors (Lipinski definition) is 3. The second kappa shape index (κ2) is 8.63. The van der Waals surface area contributed by atoms with E-state index in [0.29, 0.717) is 11.3 Å². The van der Waals surface area contributed by atoms with E-state index in [1.54, 1.807) is 11.5 Å². The van der Waals surface area contributed by atoms with Crippen molar-refractivity contribution in [3.05, 3.63) is 65.7 Å². The molecule has 0 heterocycles. The molecule has 3 N–H and O–H groups in total. The van der Waals surface area contributed by atoms with Gasteiger partial charge in [-0.3, -0.25) is 14.8 Å². The van der Waals surface area contributed by atoms with Gasteiger partial charge in [-0.05, 0) is 36.1 Å². The molecule has 2 aromatic carbocycles. The highest BCUT2D eigenvalue weighted by molar-refractivity contribution is 5.93. The summed E-state index contributed by atoms with van der Waals surface area (Å²) in [6.45, 7) is 0. The lowest BCUT2D eigenvalue weighted by molar-refractivity contribution is -0.129. The maximum atomic E-state index is 12.5. The molecule has 1 aliphatic rings. The summed E-state index contributed by atoms with van der Waals surface area (Å²) in [6, 6.07) is 16.5. The average Bonchev–Trinajstić information content (AvgIpc) is 2.70. The molecule has 0 radical (unpaired) electrons. The first-order chi connectivity index (χ1) is 12.7. The third-order valence-electron chi connectivity index (χ3n) is 4.97. The minimum absolute atomic E-state index is 0.0460. The van der Waals surface area contributed by atoms with Crippen molar-refractivity contribution in [1.29, 1.82) is 0 Å². The molecule has 1 unspecified atom stereocenters. The number of carbonyl (C=O) groups excluding carboxylic acids is 2. The normalized spacial score (nSPS) is 15.9. The fourth-order valence-corrected chi connectivity index (χ4v) is 3.61. The lowest BCUT2D eigenvalue weighted by Gasteiger charge is -2.21. The zero-order valence-electron chi connectivity index (χ0n) is 14.7. The highest BCUT2D eigenvalue weighted by Gasteiger charge is 2.24. The van der Waals surface area contributed by atoms with Gasteiger partial charge in [0, 0.05) is 11.6 Å². The lowest BCUT2D eigenvalue weighted by Crippen LogP contribution is -2.27. The van der Waals surface area contributed by atoms with Gasteiger partial charge in [-0.1, -0.05) is 61.7 Å². The molecule has 1 aliphatic carbocycles. The molecule has 0 spiro atoms. The van der Waals surface area contributed by atoms with Gasteiger partial charge >= 0.3 is 0 Å². The molecule has 1 atom stereocenters. The van der Waals surface area contributed by atoms with Crippen molar-refractivity contribution in [3.8, 4) is 0 Å². The van der Waals surface area contributed by atoms with Crippen LogP contribution in [-0.4, -0.2) is 17.0 Å². The summed E-state index contributed by atoms with van der Waals surface area (Å²) in [5.41, 5.74) is 3.90. The van der Waals surface area contributed by atoms with Gasteiger partial charge in [0.25, 0.3) is 5.91 Å². The van der Waals surface area contributed by atoms with Gasteiger partial charge in [-0.25, -0.2) is 5.48 Å². The minimum atomic E-state index is -0.646. The number of amides is 2. The largest absolute Gasteiger partial charge is 0.326 e. The summed E-state index contributed by atoms with van der Waals surface area (Å²) in [4.78, 5) is 24.7. The van der Waals surface area contributed by atoms with Crippen molar-refractivity contribution < 1.29 is 14.8 Å². The van der Waals surface area contributed by atoms with Crippen molar-refractivity contribution in [2.75, 3.05) is 5.32 Å². The van der Waals surface area contributed by atoms with Crippen LogP contribution in [0.2, 0.25) is 0 Å². The van der Waals surface area contributed by atoms with E-state index in [0.717, 1.165) is 31.2 Å². The van der Waals surface area contributed by atoms with Gasteiger partial charge < -0.3 is 5.32 Å². The van der Waals surface area contributed by atoms with Crippen LogP contribution in [-0.2, 0) is 9.59 Å². The Bertz CT molecular complexity index is 755. The lowest BCUT2D eigenvalue weighted by atomic mass is 9.88. The molecule has 5 nitrogen and oxygen atoms in total. The molecule has 1 saturated carbocycles. The molecular formula is C21H24N2O3. The van der Waals surface area contributed by atoms with E-state index in [-0.39, 0.29) is 11.8 Å². The summed E-state index contributed by atoms with van der Waals surface area (Å²) >= 11 is 0. The fraction of sp³-hybridized carbons (Fsp3) is 0.333. The van der Waals surface area contributed by atoms with Crippen molar-refractivity contribution in [2.24, 2.45) is 5.92 Å². The van der Waals surface area contributed by atoms with E-state index in [1.807, 2.05) is 48.5 Å². The predicted molar refractivity (Wildman–Crippen MR) is 99.9 cm³/mol. The fourth-order valence-electron chi connectivity index (χ4n) is 3.61. The Balaban J connectivity index is 1.82. The number of hydrogen-bond acceptors (Lipinski definition) is 3. The molecule has 2 aromatic rings. The van der Waals surface area contributed by atoms with E-state index in [1.165, 1.54) is 6.42 Å². The Morgan fingerprint density at radius 1 is 0.923 bits per heavy atom. The van der Waals surface area contributed by atoms with E-state index in [4.69, 9.17) is 5.21 Å². The van der Waals surface area contributed by atoms with E-state index in [9.17, 15) is 9.59 Å². The zero-order valence-corrected chi connectivity index (χ0v) is 14.7. The number of benzene rings is 2. The minimum Gasteiger partial charge on any atom is -0.326 e. The molecular weight excluding hydrogens is 328 g/mol. The van der Waals surface area contributed by atoms with Gasteiger partial charge in [0.1, 0.15) is 0 Å². The molecule has 5 heteroatoms. The second-order valence-electron chi connectivity index (χ2n) is 6.77. The molecule has 0 saturated heterocycles. The summed E-state index contributed by atoms with van der Waals surface area (Å²) in [6.07, 6.45) is 5.28. The van der Waals surface area contributed by atoms with E-state index in [2.05, 4.69) is 5.32 Å². The number of nitrogens with one attached hydrogen (secondary N) is 2. The molecule has 0 aromatic heterocycles. The highest BCUT2D eigenvalue weighted by Crippen LogP contribution is 2.28. The standard InChI is InChI=1S/C21H24N2O3/c24-20(16-10-5-2-6-11-16)22-18-13-7-12-17(14-18)19(21(25)23-26)15-8-3-1-4-9-15/h1,3-4,7-9,12-14,16,19,26H,2,5-6,10-11H2,(H,22,24)(H,23,25). The van der Waals surface area contributed by atoms with Gasteiger partial charge in [-0.15, -0.1) is 0 Å². The summed E-state index contributed by atoms with van der Waals surface area (Å²) < 4.78 is 0. The van der Waals surface area contributed by atoms with Crippen molar-refractivity contribution in [1.82, 2.24) is 5.48 Å². The number of hydroxylamine groups is 1. The van der Waals surface area contributed by atoms with Crippen LogP contribution >= 0.6 is 0 Å². The Morgan fingerprint density at radius 3 is 2.31 bits per heavy atom. The maximum absolute atomic E-state index is 12.5. The Labute approximate surface area is 153 Å². The topological polar surface area (TPSA) is 78.4 Å². The maximum Gasteiger partial charge on any atom is 0.255 e. The van der Waals surface area contributed by atoms with Crippen LogP contribution in [0.25, 0.3) is 0 Å². The Morgan fingerprint density at radius 2 is 1.62 bits per heavy atom. The monoisotopic (exact) mass is 352 g/mol. The number of rotatable bonds is 5. The van der Waals surface area contributed by atoms with Gasteiger partial charge in [0.15, 0.2) is 0 Å². The van der Waals surface area contributed by atoms with Crippen LogP contribution in [0.1, 0.15) is 49.1 Å². The quantitative estimate of drug-likeness (QED) is 0.565. The van der Waals surface area contributed by atoms with Crippen LogP contribution in [0, 0.1) is 5.92 Å². The van der Waals surface area contributed by atoms with Gasteiger partial charge in [0.2, 0.25) is 5.91 Å². The van der Waals surface area contributed by atoms with Crippen LogP contribution in [0.3, 0.4) is 0 Å². The Kier molecular flexibility index (Phi) is 6.02. The zero-order chi connectivity index (χ0) is 18.4. The first kappa shape index (κ1) is 18.1. The molecule has 1 fully saturated rings. The number of anilines is 1. The average molecular weight is 352 g/mol. The summed E-state index contributed by atoms with van der Waals surface area (Å²) in [7, 11) is 0. The van der Waals surface area contributed by atoms with Gasteiger partial charge in [0.05, 0.1) is 5.92 Å².